The van der Waals surface area contributed by atoms with E-state index in [4.69, 9.17) is 23.7 Å². The highest BCUT2D eigenvalue weighted by Gasteiger charge is 2.47. The van der Waals surface area contributed by atoms with Gasteiger partial charge in [0.2, 0.25) is 0 Å². The molecule has 0 saturated carbocycles. The Bertz CT molecular complexity index is 1060. The zero-order valence-electron chi connectivity index (χ0n) is 17.4. The minimum Gasteiger partial charge on any atom is -0.493 e. The minimum absolute atomic E-state index is 0.0186. The lowest BCUT2D eigenvalue weighted by Crippen LogP contribution is -2.44. The lowest BCUT2D eigenvalue weighted by atomic mass is 9.81. The molecule has 2 aromatic carbocycles. The van der Waals surface area contributed by atoms with Gasteiger partial charge in [-0.15, -0.1) is 0 Å². The maximum Gasteiger partial charge on any atom is 0.178 e. The van der Waals surface area contributed by atoms with Crippen molar-refractivity contribution in [2.24, 2.45) is 0 Å². The van der Waals surface area contributed by atoms with E-state index in [2.05, 4.69) is 22.6 Å². The predicted octanol–water partition coefficient (Wildman–Crippen LogP) is 3.31. The van der Waals surface area contributed by atoms with Crippen molar-refractivity contribution in [2.45, 2.75) is 37.1 Å². The van der Waals surface area contributed by atoms with Gasteiger partial charge in [-0.3, -0.25) is 4.79 Å². The smallest absolute Gasteiger partial charge is 0.178 e. The fraction of sp³-hybridized carbons (Fsp3) is 0.435. The van der Waals surface area contributed by atoms with Gasteiger partial charge in [0.15, 0.2) is 17.3 Å². The number of ether oxygens (including phenoxy) is 5. The van der Waals surface area contributed by atoms with Crippen LogP contribution in [-0.4, -0.2) is 54.0 Å². The molecule has 0 saturated heterocycles. The number of hydrogen-bond acceptors (Lipinski definition) is 7. The fourth-order valence-corrected chi connectivity index (χ4v) is 4.99. The van der Waals surface area contributed by atoms with Crippen molar-refractivity contribution in [3.05, 3.63) is 41.0 Å². The van der Waals surface area contributed by atoms with E-state index in [1.54, 1.807) is 45.4 Å². The van der Waals surface area contributed by atoms with E-state index in [0.29, 0.717) is 45.2 Å². The topological polar surface area (TPSA) is 83.5 Å². The first-order chi connectivity index (χ1) is 14.9. The quantitative estimate of drug-likeness (QED) is 0.469. The molecule has 164 valence electrons. The van der Waals surface area contributed by atoms with Crippen molar-refractivity contribution in [3.8, 4) is 28.7 Å². The number of methoxy groups -OCH3 is 2. The summed E-state index contributed by atoms with van der Waals surface area (Å²) >= 11 is 2.15. The number of carbonyl (C=O) groups is 1. The summed E-state index contributed by atoms with van der Waals surface area (Å²) in [5, 5.41) is 10.7. The second kappa shape index (κ2) is 7.44. The number of ketones is 1. The number of halogens is 1. The predicted molar refractivity (Wildman–Crippen MR) is 121 cm³/mol. The molecule has 3 heterocycles. The molecule has 0 bridgehead atoms. The third-order valence-corrected chi connectivity index (χ3v) is 7.83. The zero-order valence-corrected chi connectivity index (χ0v) is 19.6. The molecule has 8 heteroatoms. The molecular formula is C23H23IO7. The number of carbonyl (C=O) groups excluding carboxylic acids is 1. The third kappa shape index (κ3) is 3.14. The summed E-state index contributed by atoms with van der Waals surface area (Å²) in [4.78, 5) is 13.6. The van der Waals surface area contributed by atoms with Crippen LogP contribution in [0.1, 0.15) is 34.3 Å². The molecule has 3 aliphatic rings. The number of aliphatic hydroxyl groups is 1. The molecule has 0 aliphatic carbocycles. The zero-order chi connectivity index (χ0) is 21.9. The number of benzene rings is 2. The van der Waals surface area contributed by atoms with E-state index in [1.165, 1.54) is 0 Å². The second-order valence-electron chi connectivity index (χ2n) is 8.27. The van der Waals surface area contributed by atoms with Crippen LogP contribution < -0.4 is 23.7 Å². The van der Waals surface area contributed by atoms with Crippen LogP contribution in [-0.2, 0) is 6.42 Å². The first-order valence-corrected chi connectivity index (χ1v) is 11.6. The van der Waals surface area contributed by atoms with E-state index < -0.39 is 17.6 Å². The Labute approximate surface area is 193 Å². The minimum atomic E-state index is -0.976. The highest BCUT2D eigenvalue weighted by atomic mass is 131. The van der Waals surface area contributed by atoms with E-state index in [0.717, 1.165) is 11.1 Å². The summed E-state index contributed by atoms with van der Waals surface area (Å²) in [6.45, 7) is 2.01. The Hall–Kier alpha value is -2.20. The summed E-state index contributed by atoms with van der Waals surface area (Å²) in [6, 6.07) is 7.10. The molecule has 5 rings (SSSR count). The Morgan fingerprint density at radius 2 is 1.90 bits per heavy atom. The molecule has 0 amide bonds. The Kier molecular flexibility index (Phi) is 4.97. The summed E-state index contributed by atoms with van der Waals surface area (Å²) in [5.74, 6) is 2.37. The van der Waals surface area contributed by atoms with Gasteiger partial charge >= 0.3 is 0 Å². The number of Topliss-reactive ketones (excluding diaryl/α,β-unsaturated/α-hetero) is 1. The van der Waals surface area contributed by atoms with Crippen molar-refractivity contribution < 1.29 is 33.6 Å². The normalized spacial score (nSPS) is 24.9. The lowest BCUT2D eigenvalue weighted by Gasteiger charge is -2.37. The van der Waals surface area contributed by atoms with Crippen LogP contribution in [0.4, 0.5) is 0 Å². The SMILES string of the molecule is COc1cc2c(cc1OC)[C@@H]1C(=O)c3ccc4c(c3O[C@@H]1CO2)CC([C@](C)(O)C[131I])O4. The molecule has 0 fully saturated rings. The van der Waals surface area contributed by atoms with Gasteiger partial charge in [0, 0.05) is 28.0 Å². The number of rotatable bonds is 4. The van der Waals surface area contributed by atoms with Gasteiger partial charge in [-0.25, -0.2) is 0 Å². The van der Waals surface area contributed by atoms with Gasteiger partial charge in [0.05, 0.1) is 25.7 Å². The molecule has 0 radical (unpaired) electrons. The molecule has 4 atom stereocenters. The maximum absolute atomic E-state index is 13.6. The van der Waals surface area contributed by atoms with Crippen molar-refractivity contribution in [1.82, 2.24) is 0 Å². The van der Waals surface area contributed by atoms with Gasteiger partial charge in [0.1, 0.15) is 41.7 Å². The molecule has 31 heavy (non-hydrogen) atoms. The second-order valence-corrected chi connectivity index (χ2v) is 9.04. The van der Waals surface area contributed by atoms with E-state index in [-0.39, 0.29) is 18.5 Å². The lowest BCUT2D eigenvalue weighted by molar-refractivity contribution is -0.0167. The van der Waals surface area contributed by atoms with E-state index in [1.807, 2.05) is 0 Å². The summed E-state index contributed by atoms with van der Waals surface area (Å²) in [5.41, 5.74) is 1.11. The van der Waals surface area contributed by atoms with Gasteiger partial charge in [0.25, 0.3) is 0 Å². The molecular weight excluding hydrogens is 519 g/mol. The Morgan fingerprint density at radius 3 is 2.61 bits per heavy atom. The first-order valence-electron chi connectivity index (χ1n) is 10.1. The molecule has 2 aromatic rings. The molecule has 0 aromatic heterocycles. The van der Waals surface area contributed by atoms with Crippen LogP contribution in [0.2, 0.25) is 0 Å². The summed E-state index contributed by atoms with van der Waals surface area (Å²) in [7, 11) is 3.12. The summed E-state index contributed by atoms with van der Waals surface area (Å²) in [6.07, 6.45) is -0.356. The van der Waals surface area contributed by atoms with E-state index >= 15 is 0 Å². The Morgan fingerprint density at radius 1 is 1.16 bits per heavy atom. The Balaban J connectivity index is 1.55. The van der Waals surface area contributed by atoms with Gasteiger partial charge in [-0.05, 0) is 25.1 Å². The van der Waals surface area contributed by atoms with Crippen LogP contribution in [0.3, 0.4) is 0 Å². The fourth-order valence-electron chi connectivity index (χ4n) is 4.50. The van der Waals surface area contributed by atoms with Gasteiger partial charge in [-0.2, -0.15) is 0 Å². The van der Waals surface area contributed by atoms with Crippen LogP contribution in [0.5, 0.6) is 28.7 Å². The number of alkyl halides is 1. The maximum atomic E-state index is 13.6. The van der Waals surface area contributed by atoms with Crippen LogP contribution in [0.15, 0.2) is 24.3 Å². The molecule has 1 N–H and O–H groups in total. The standard InChI is InChI=1S/C23H23IO7/c1-23(26,10-24)19-7-13-14(30-19)5-4-11-21(25)20-12-6-16(27-2)17(28-3)8-15(12)29-9-18(20)31-22(11)13/h4-6,8,18-20,26H,7,9-10H2,1-3H3/t18-,19?,20+,23-/m1/s1/i24+4. The van der Waals surface area contributed by atoms with Gasteiger partial charge in [-0.1, -0.05) is 22.6 Å². The van der Waals surface area contributed by atoms with E-state index in [9.17, 15) is 9.90 Å². The third-order valence-electron chi connectivity index (χ3n) is 6.28. The largest absolute Gasteiger partial charge is 0.493 e. The van der Waals surface area contributed by atoms with Gasteiger partial charge < -0.3 is 28.8 Å². The number of hydrogen-bond donors (Lipinski definition) is 1. The number of fused-ring (bicyclic) bond motifs is 6. The summed E-state index contributed by atoms with van der Waals surface area (Å²) < 4.78 is 29.6. The molecule has 3 aliphatic heterocycles. The van der Waals surface area contributed by atoms with Crippen molar-refractivity contribution in [1.29, 1.82) is 0 Å². The van der Waals surface area contributed by atoms with Crippen molar-refractivity contribution >= 4 is 28.4 Å². The highest BCUT2D eigenvalue weighted by Crippen LogP contribution is 2.50. The molecule has 0 spiro atoms. The first kappa shape index (κ1) is 20.7. The van der Waals surface area contributed by atoms with Crippen molar-refractivity contribution in [3.63, 3.8) is 0 Å². The molecule has 1 unspecified atom stereocenters. The average Bonchev–Trinajstić information content (AvgIpc) is 3.23. The van der Waals surface area contributed by atoms with Crippen LogP contribution in [0.25, 0.3) is 0 Å². The molecule has 7 nitrogen and oxygen atoms in total. The van der Waals surface area contributed by atoms with Crippen molar-refractivity contribution in [2.75, 3.05) is 25.3 Å². The van der Waals surface area contributed by atoms with Crippen LogP contribution >= 0.6 is 22.6 Å². The average molecular weight is 542 g/mol. The van der Waals surface area contributed by atoms with Crippen LogP contribution in [0, 0.1) is 0 Å². The highest BCUT2D eigenvalue weighted by molar-refractivity contribution is 14.1. The monoisotopic (exact) mass is 542 g/mol.